The van der Waals surface area contributed by atoms with Crippen molar-refractivity contribution >= 4 is 23.3 Å². The Morgan fingerprint density at radius 2 is 1.94 bits per heavy atom. The van der Waals surface area contributed by atoms with Crippen LogP contribution < -0.4 is 15.5 Å². The lowest BCUT2D eigenvalue weighted by molar-refractivity contribution is -0.385. The topological polar surface area (TPSA) is 135 Å². The molecular weight excluding hydrogens is 244 g/mol. The van der Waals surface area contributed by atoms with Gasteiger partial charge < -0.3 is 20.3 Å². The van der Waals surface area contributed by atoms with Crippen LogP contribution in [0.4, 0.5) is 11.4 Å². The van der Waals surface area contributed by atoms with Crippen molar-refractivity contribution in [1.82, 2.24) is 0 Å². The van der Waals surface area contributed by atoms with Crippen molar-refractivity contribution in [1.29, 1.82) is 0 Å². The lowest BCUT2D eigenvalue weighted by Gasteiger charge is -2.13. The molecule has 0 bridgehead atoms. The van der Waals surface area contributed by atoms with Crippen LogP contribution in [0.1, 0.15) is 12.8 Å². The van der Waals surface area contributed by atoms with Gasteiger partial charge in [0.2, 0.25) is 5.91 Å². The second-order valence-electron chi connectivity index (χ2n) is 3.36. The number of amides is 1. The number of carboxylic acid groups (broad SMARTS) is 1. The minimum Gasteiger partial charge on any atom is -0.871 e. The van der Waals surface area contributed by atoms with Crippen molar-refractivity contribution in [3.05, 3.63) is 28.3 Å². The lowest BCUT2D eigenvalue weighted by atomic mass is 10.2. The van der Waals surface area contributed by atoms with Crippen LogP contribution in [0, 0.1) is 10.1 Å². The number of anilines is 1. The van der Waals surface area contributed by atoms with E-state index in [0.29, 0.717) is 0 Å². The van der Waals surface area contributed by atoms with Gasteiger partial charge in [-0.1, -0.05) is 11.8 Å². The summed E-state index contributed by atoms with van der Waals surface area (Å²) in [4.78, 5) is 31.1. The molecular formula is C10H8N2O6-2. The molecule has 96 valence electrons. The van der Waals surface area contributed by atoms with E-state index in [1.165, 1.54) is 0 Å². The standard InChI is InChI=1S/C10H10N2O6/c13-8-2-1-6(12(17)18)5-7(8)11-9(14)3-4-10(15)16/h1-2,5,13H,3-4H2,(H,11,14)(H,15,16)/p-2. The molecule has 18 heavy (non-hydrogen) atoms. The van der Waals surface area contributed by atoms with Gasteiger partial charge in [0, 0.05) is 30.2 Å². The first-order chi connectivity index (χ1) is 8.40. The summed E-state index contributed by atoms with van der Waals surface area (Å²) >= 11 is 0. The zero-order chi connectivity index (χ0) is 13.7. The van der Waals surface area contributed by atoms with Gasteiger partial charge in [-0.15, -0.1) is 0 Å². The summed E-state index contributed by atoms with van der Waals surface area (Å²) in [5.74, 6) is -2.72. The van der Waals surface area contributed by atoms with Crippen LogP contribution in [0.25, 0.3) is 0 Å². The fraction of sp³-hybridized carbons (Fsp3) is 0.200. The maximum absolute atomic E-state index is 11.3. The smallest absolute Gasteiger partial charge is 0.271 e. The Morgan fingerprint density at radius 1 is 1.28 bits per heavy atom. The minimum absolute atomic E-state index is 0.257. The van der Waals surface area contributed by atoms with Crippen molar-refractivity contribution in [2.45, 2.75) is 12.8 Å². The summed E-state index contributed by atoms with van der Waals surface area (Å²) in [7, 11) is 0. The molecule has 0 aromatic heterocycles. The van der Waals surface area contributed by atoms with Gasteiger partial charge in [-0.05, 0) is 6.42 Å². The molecule has 1 aromatic carbocycles. The summed E-state index contributed by atoms with van der Waals surface area (Å²) in [6, 6.07) is 2.88. The van der Waals surface area contributed by atoms with Gasteiger partial charge >= 0.3 is 0 Å². The first kappa shape index (κ1) is 13.4. The number of carbonyl (C=O) groups excluding carboxylic acids is 2. The van der Waals surface area contributed by atoms with Crippen LogP contribution in [-0.2, 0) is 9.59 Å². The van der Waals surface area contributed by atoms with Crippen molar-refractivity contribution in [3.63, 3.8) is 0 Å². The number of rotatable bonds is 5. The monoisotopic (exact) mass is 252 g/mol. The molecule has 0 heterocycles. The number of non-ortho nitro benzene ring substituents is 1. The predicted molar refractivity (Wildman–Crippen MR) is 55.4 cm³/mol. The molecule has 0 saturated carbocycles. The zero-order valence-electron chi connectivity index (χ0n) is 9.04. The molecule has 8 heteroatoms. The molecule has 0 unspecified atom stereocenters. The third kappa shape index (κ3) is 3.74. The van der Waals surface area contributed by atoms with E-state index in [-0.39, 0.29) is 17.8 Å². The van der Waals surface area contributed by atoms with Gasteiger partial charge in [-0.25, -0.2) is 0 Å². The number of hydrogen-bond donors (Lipinski definition) is 1. The maximum Gasteiger partial charge on any atom is 0.271 e. The van der Waals surface area contributed by atoms with Gasteiger partial charge in [0.05, 0.1) is 4.92 Å². The summed E-state index contributed by atoms with van der Waals surface area (Å²) in [5, 5.41) is 34.0. The highest BCUT2D eigenvalue weighted by molar-refractivity contribution is 5.93. The number of nitrogens with one attached hydrogen (secondary N) is 1. The van der Waals surface area contributed by atoms with E-state index in [1.807, 2.05) is 0 Å². The molecule has 0 saturated heterocycles. The Morgan fingerprint density at radius 3 is 2.50 bits per heavy atom. The fourth-order valence-corrected chi connectivity index (χ4v) is 1.16. The van der Waals surface area contributed by atoms with E-state index in [0.717, 1.165) is 18.2 Å². The van der Waals surface area contributed by atoms with Crippen LogP contribution >= 0.6 is 0 Å². The number of aliphatic carboxylic acids is 1. The first-order valence-electron chi connectivity index (χ1n) is 4.85. The Balaban J connectivity index is 2.77. The van der Waals surface area contributed by atoms with E-state index in [2.05, 4.69) is 5.32 Å². The molecule has 1 aromatic rings. The Labute approximate surface area is 101 Å². The summed E-state index contributed by atoms with van der Waals surface area (Å²) in [6.07, 6.45) is -0.862. The number of benzene rings is 1. The molecule has 0 atom stereocenters. The number of nitrogens with zero attached hydrogens (tertiary/aromatic N) is 1. The molecule has 8 nitrogen and oxygen atoms in total. The van der Waals surface area contributed by atoms with Gasteiger partial charge in [-0.2, -0.15) is 0 Å². The Hall–Kier alpha value is -2.64. The van der Waals surface area contributed by atoms with Gasteiger partial charge in [-0.3, -0.25) is 14.9 Å². The molecule has 0 spiro atoms. The van der Waals surface area contributed by atoms with Crippen LogP contribution in [0.3, 0.4) is 0 Å². The molecule has 0 aliphatic rings. The number of nitro benzene ring substituents is 1. The largest absolute Gasteiger partial charge is 0.871 e. The molecule has 0 radical (unpaired) electrons. The van der Waals surface area contributed by atoms with Gasteiger partial charge in [0.25, 0.3) is 5.69 Å². The van der Waals surface area contributed by atoms with Crippen molar-refractivity contribution in [2.24, 2.45) is 0 Å². The second-order valence-corrected chi connectivity index (χ2v) is 3.36. The third-order valence-electron chi connectivity index (χ3n) is 2.00. The number of carboxylic acids is 1. The summed E-state index contributed by atoms with van der Waals surface area (Å²) in [5.41, 5.74) is -0.600. The third-order valence-corrected chi connectivity index (χ3v) is 2.00. The van der Waals surface area contributed by atoms with Crippen LogP contribution in [0.2, 0.25) is 0 Å². The van der Waals surface area contributed by atoms with Crippen LogP contribution in [-0.4, -0.2) is 16.8 Å². The van der Waals surface area contributed by atoms with Crippen LogP contribution in [0.15, 0.2) is 18.2 Å². The van der Waals surface area contributed by atoms with E-state index in [4.69, 9.17) is 0 Å². The highest BCUT2D eigenvalue weighted by Crippen LogP contribution is 2.25. The van der Waals surface area contributed by atoms with Gasteiger partial charge in [0.15, 0.2) is 0 Å². The van der Waals surface area contributed by atoms with Crippen LogP contribution in [0.5, 0.6) is 5.75 Å². The summed E-state index contributed by atoms with van der Waals surface area (Å²) < 4.78 is 0. The molecule has 1 N–H and O–H groups in total. The highest BCUT2D eigenvalue weighted by Gasteiger charge is 2.09. The Kier molecular flexibility index (Phi) is 4.19. The average Bonchev–Trinajstić information content (AvgIpc) is 2.29. The lowest BCUT2D eigenvalue weighted by Crippen LogP contribution is -2.24. The predicted octanol–water partition coefficient (Wildman–Crippen LogP) is -0.863. The van der Waals surface area contributed by atoms with Gasteiger partial charge in [0.1, 0.15) is 0 Å². The SMILES string of the molecule is O=C([O-])CCC(=O)Nc1cc([N+](=O)[O-])ccc1[O-]. The fourth-order valence-electron chi connectivity index (χ4n) is 1.16. The van der Waals surface area contributed by atoms with Crippen molar-refractivity contribution < 1.29 is 24.7 Å². The minimum atomic E-state index is -1.40. The molecule has 1 rings (SSSR count). The van der Waals surface area contributed by atoms with E-state index in [9.17, 15) is 29.9 Å². The molecule has 0 fully saturated rings. The van der Waals surface area contributed by atoms with E-state index in [1.54, 1.807) is 0 Å². The van der Waals surface area contributed by atoms with Crippen molar-refractivity contribution in [3.8, 4) is 5.75 Å². The Bertz CT molecular complexity index is 499. The summed E-state index contributed by atoms with van der Waals surface area (Å²) in [6.45, 7) is 0. The van der Waals surface area contributed by atoms with E-state index >= 15 is 0 Å². The molecule has 1 amide bonds. The quantitative estimate of drug-likeness (QED) is 0.534. The first-order valence-corrected chi connectivity index (χ1v) is 4.85. The average molecular weight is 252 g/mol. The molecule has 0 aliphatic heterocycles. The van der Waals surface area contributed by atoms with E-state index < -0.39 is 29.0 Å². The molecule has 0 aliphatic carbocycles. The highest BCUT2D eigenvalue weighted by atomic mass is 16.6. The second kappa shape index (κ2) is 5.62. The number of nitro groups is 1. The maximum atomic E-state index is 11.3. The normalized spacial score (nSPS) is 9.78. The number of carbonyl (C=O) groups is 2. The number of hydrogen-bond acceptors (Lipinski definition) is 6. The van der Waals surface area contributed by atoms with Crippen molar-refractivity contribution in [2.75, 3.05) is 5.32 Å². The zero-order valence-corrected chi connectivity index (χ0v) is 9.04.